The Labute approximate surface area is 103 Å². The third-order valence-corrected chi connectivity index (χ3v) is 3.89. The van der Waals surface area contributed by atoms with Crippen LogP contribution in [0.1, 0.15) is 22.3 Å². The average molecular weight is 257 g/mol. The van der Waals surface area contributed by atoms with E-state index in [1.165, 1.54) is 0 Å². The summed E-state index contributed by atoms with van der Waals surface area (Å²) in [6.07, 6.45) is 2.48. The molecule has 2 aromatic heterocycles. The van der Waals surface area contributed by atoms with Gasteiger partial charge in [-0.2, -0.15) is 5.10 Å². The minimum absolute atomic E-state index is 0.0696. The predicted octanol–water partition coefficient (Wildman–Crippen LogP) is 2.08. The molecule has 0 amide bonds. The van der Waals surface area contributed by atoms with E-state index in [1.807, 2.05) is 14.0 Å². The van der Waals surface area contributed by atoms with E-state index >= 15 is 0 Å². The van der Waals surface area contributed by atoms with Crippen LogP contribution in [0.15, 0.2) is 11.7 Å². The number of aryl methyl sites for hydroxylation is 2. The number of hydrogen-bond donors (Lipinski definition) is 1. The van der Waals surface area contributed by atoms with Gasteiger partial charge in [0.15, 0.2) is 0 Å². The molecule has 0 aliphatic carbocycles. The van der Waals surface area contributed by atoms with Gasteiger partial charge in [-0.1, -0.05) is 11.6 Å². The molecule has 2 N–H and O–H groups in total. The van der Waals surface area contributed by atoms with E-state index in [9.17, 15) is 0 Å². The normalized spacial score (nSPS) is 13.0. The van der Waals surface area contributed by atoms with E-state index in [-0.39, 0.29) is 6.04 Å². The fourth-order valence-corrected chi connectivity index (χ4v) is 2.48. The second kappa shape index (κ2) is 4.53. The Morgan fingerprint density at radius 3 is 2.88 bits per heavy atom. The highest BCUT2D eigenvalue weighted by atomic mass is 35.5. The fourth-order valence-electron chi connectivity index (χ4n) is 1.62. The lowest BCUT2D eigenvalue weighted by molar-refractivity contribution is 0.645. The van der Waals surface area contributed by atoms with Crippen LogP contribution in [0.3, 0.4) is 0 Å². The van der Waals surface area contributed by atoms with Crippen molar-refractivity contribution in [3.05, 3.63) is 33.0 Å². The van der Waals surface area contributed by atoms with Crippen molar-refractivity contribution in [3.8, 4) is 0 Å². The third kappa shape index (κ3) is 2.11. The van der Waals surface area contributed by atoms with Gasteiger partial charge in [0.1, 0.15) is 0 Å². The first-order valence-corrected chi connectivity index (χ1v) is 6.17. The van der Waals surface area contributed by atoms with Gasteiger partial charge in [-0.25, -0.2) is 0 Å². The predicted molar refractivity (Wildman–Crippen MR) is 65.7 cm³/mol. The molecule has 4 nitrogen and oxygen atoms in total. The van der Waals surface area contributed by atoms with Crippen LogP contribution >= 0.6 is 22.9 Å². The maximum Gasteiger partial charge on any atom is 0.0847 e. The Balaban J connectivity index is 2.21. The molecular formula is C10H13ClN4S. The Bertz CT molecular complexity index is 477. The van der Waals surface area contributed by atoms with E-state index in [0.717, 1.165) is 16.3 Å². The van der Waals surface area contributed by atoms with E-state index < -0.39 is 0 Å². The summed E-state index contributed by atoms with van der Waals surface area (Å²) in [5, 5.41) is 4.97. The second-order valence-electron chi connectivity index (χ2n) is 3.68. The van der Waals surface area contributed by atoms with E-state index in [2.05, 4.69) is 10.1 Å². The monoisotopic (exact) mass is 256 g/mol. The van der Waals surface area contributed by atoms with Crippen LogP contribution in [-0.4, -0.2) is 14.8 Å². The molecule has 1 atom stereocenters. The highest BCUT2D eigenvalue weighted by Crippen LogP contribution is 2.25. The Morgan fingerprint density at radius 2 is 2.38 bits per heavy atom. The van der Waals surface area contributed by atoms with Gasteiger partial charge in [0.25, 0.3) is 0 Å². The summed E-state index contributed by atoms with van der Waals surface area (Å²) in [4.78, 5) is 5.08. The number of hydrogen-bond acceptors (Lipinski definition) is 4. The molecule has 2 aromatic rings. The van der Waals surface area contributed by atoms with Crippen LogP contribution in [0.2, 0.25) is 5.02 Å². The van der Waals surface area contributed by atoms with Gasteiger partial charge >= 0.3 is 0 Å². The maximum atomic E-state index is 6.17. The molecule has 0 radical (unpaired) electrons. The molecule has 0 saturated heterocycles. The number of nitrogens with zero attached hydrogens (tertiary/aromatic N) is 3. The van der Waals surface area contributed by atoms with Gasteiger partial charge in [0, 0.05) is 30.6 Å². The topological polar surface area (TPSA) is 56.7 Å². The average Bonchev–Trinajstić information content (AvgIpc) is 2.83. The number of rotatable bonds is 3. The minimum atomic E-state index is -0.0696. The van der Waals surface area contributed by atoms with Crippen molar-refractivity contribution >= 4 is 22.9 Å². The molecule has 16 heavy (non-hydrogen) atoms. The van der Waals surface area contributed by atoms with Gasteiger partial charge in [0.05, 0.1) is 21.9 Å². The highest BCUT2D eigenvalue weighted by molar-refractivity contribution is 7.09. The Morgan fingerprint density at radius 1 is 1.62 bits per heavy atom. The molecule has 0 saturated carbocycles. The molecular weight excluding hydrogens is 244 g/mol. The van der Waals surface area contributed by atoms with Crippen LogP contribution in [0.25, 0.3) is 0 Å². The van der Waals surface area contributed by atoms with E-state index in [1.54, 1.807) is 27.7 Å². The molecule has 2 heterocycles. The quantitative estimate of drug-likeness (QED) is 0.915. The van der Waals surface area contributed by atoms with Crippen molar-refractivity contribution in [1.82, 2.24) is 14.8 Å². The second-order valence-corrected chi connectivity index (χ2v) is 4.98. The first-order valence-electron chi connectivity index (χ1n) is 4.91. The van der Waals surface area contributed by atoms with Crippen molar-refractivity contribution < 1.29 is 0 Å². The largest absolute Gasteiger partial charge is 0.323 e. The number of nitrogens with two attached hydrogens (primary N) is 1. The molecule has 0 spiro atoms. The highest BCUT2D eigenvalue weighted by Gasteiger charge is 2.16. The van der Waals surface area contributed by atoms with Crippen LogP contribution in [0.5, 0.6) is 0 Å². The van der Waals surface area contributed by atoms with Gasteiger partial charge in [-0.05, 0) is 6.92 Å². The molecule has 2 rings (SSSR count). The van der Waals surface area contributed by atoms with Crippen molar-refractivity contribution in [2.45, 2.75) is 19.4 Å². The van der Waals surface area contributed by atoms with Gasteiger partial charge in [0.2, 0.25) is 0 Å². The van der Waals surface area contributed by atoms with Crippen molar-refractivity contribution in [3.63, 3.8) is 0 Å². The lowest BCUT2D eigenvalue weighted by Gasteiger charge is -2.09. The van der Waals surface area contributed by atoms with Crippen molar-refractivity contribution in [1.29, 1.82) is 0 Å². The smallest absolute Gasteiger partial charge is 0.0847 e. The molecule has 0 aliphatic heterocycles. The van der Waals surface area contributed by atoms with Gasteiger partial charge < -0.3 is 5.73 Å². The summed E-state index contributed by atoms with van der Waals surface area (Å²) in [6.45, 7) is 1.89. The summed E-state index contributed by atoms with van der Waals surface area (Å²) in [5.74, 6) is 0. The standard InChI is InChI=1S/C10H13ClN4S/c1-6-10(11)8(15(2)14-6)3-7(12)9-4-13-5-16-9/h4-5,7H,3,12H2,1-2H3. The summed E-state index contributed by atoms with van der Waals surface area (Å²) < 4.78 is 1.79. The molecule has 1 unspecified atom stereocenters. The SMILES string of the molecule is Cc1nn(C)c(CC(N)c2cncs2)c1Cl. The van der Waals surface area contributed by atoms with Crippen molar-refractivity contribution in [2.24, 2.45) is 12.8 Å². The van der Waals surface area contributed by atoms with Crippen LogP contribution < -0.4 is 5.73 Å². The van der Waals surface area contributed by atoms with Gasteiger partial charge in [-0.15, -0.1) is 11.3 Å². The zero-order chi connectivity index (χ0) is 11.7. The molecule has 0 fully saturated rings. The zero-order valence-electron chi connectivity index (χ0n) is 9.14. The first kappa shape index (κ1) is 11.6. The number of aromatic nitrogens is 3. The molecule has 0 aliphatic rings. The molecule has 86 valence electrons. The van der Waals surface area contributed by atoms with Crippen molar-refractivity contribution in [2.75, 3.05) is 0 Å². The van der Waals surface area contributed by atoms with Gasteiger partial charge in [-0.3, -0.25) is 9.67 Å². The summed E-state index contributed by atoms with van der Waals surface area (Å²) in [7, 11) is 1.88. The summed E-state index contributed by atoms with van der Waals surface area (Å²) in [5.41, 5.74) is 9.69. The fraction of sp³-hybridized carbons (Fsp3) is 0.400. The third-order valence-electron chi connectivity index (χ3n) is 2.49. The molecule has 0 aromatic carbocycles. The zero-order valence-corrected chi connectivity index (χ0v) is 10.7. The summed E-state index contributed by atoms with van der Waals surface area (Å²) >= 11 is 7.73. The van der Waals surface area contributed by atoms with Crippen LogP contribution in [0, 0.1) is 6.92 Å². The van der Waals surface area contributed by atoms with Crippen LogP contribution in [0.4, 0.5) is 0 Å². The number of halogens is 1. The minimum Gasteiger partial charge on any atom is -0.323 e. The first-order chi connectivity index (χ1) is 7.59. The lowest BCUT2D eigenvalue weighted by atomic mass is 10.1. The maximum absolute atomic E-state index is 6.17. The summed E-state index contributed by atoms with van der Waals surface area (Å²) in [6, 6.07) is -0.0696. The molecule has 0 bridgehead atoms. The molecule has 6 heteroatoms. The Hall–Kier alpha value is -0.910. The lowest BCUT2D eigenvalue weighted by Crippen LogP contribution is -2.14. The van der Waals surface area contributed by atoms with Crippen LogP contribution in [-0.2, 0) is 13.5 Å². The van der Waals surface area contributed by atoms with E-state index in [0.29, 0.717) is 11.4 Å². The van der Waals surface area contributed by atoms with E-state index in [4.69, 9.17) is 17.3 Å². The number of thiazole rings is 1. The Kier molecular flexibility index (Phi) is 3.28.